The van der Waals surface area contributed by atoms with Gasteiger partial charge in [0, 0.05) is 16.8 Å². The van der Waals surface area contributed by atoms with Crippen LogP contribution in [0.4, 0.5) is 5.95 Å². The van der Waals surface area contributed by atoms with Crippen molar-refractivity contribution in [2.75, 3.05) is 11.9 Å². The Balaban J connectivity index is 1.86. The molecule has 2 heterocycles. The van der Waals surface area contributed by atoms with E-state index in [4.69, 9.17) is 16.7 Å². The molecule has 0 atom stereocenters. The fourth-order valence-corrected chi connectivity index (χ4v) is 3.07. The number of carboxylic acid groups (broad SMARTS) is 1. The Hall–Kier alpha value is -3.85. The molecule has 0 bridgehead atoms. The summed E-state index contributed by atoms with van der Waals surface area (Å²) in [5.74, 6) is -0.364. The molecule has 9 nitrogen and oxygen atoms in total. The number of tetrazole rings is 1. The highest BCUT2D eigenvalue weighted by Crippen LogP contribution is 2.32. The molecule has 0 fully saturated rings. The summed E-state index contributed by atoms with van der Waals surface area (Å²) in [5.41, 5.74) is 3.76. The van der Waals surface area contributed by atoms with Crippen LogP contribution < -0.4 is 5.32 Å². The van der Waals surface area contributed by atoms with Crippen LogP contribution in [0.15, 0.2) is 54.7 Å². The second kappa shape index (κ2) is 8.26. The van der Waals surface area contributed by atoms with E-state index in [2.05, 4.69) is 30.8 Å². The lowest BCUT2D eigenvalue weighted by molar-refractivity contribution is -0.134. The Morgan fingerprint density at radius 2 is 1.90 bits per heavy atom. The van der Waals surface area contributed by atoms with Gasteiger partial charge in [0.25, 0.3) is 0 Å². The third-order valence-corrected chi connectivity index (χ3v) is 4.62. The average molecular weight is 422 g/mol. The van der Waals surface area contributed by atoms with Crippen molar-refractivity contribution in [2.24, 2.45) is 0 Å². The normalized spacial score (nSPS) is 10.7. The van der Waals surface area contributed by atoms with E-state index >= 15 is 0 Å². The molecule has 2 aromatic carbocycles. The van der Waals surface area contributed by atoms with Gasteiger partial charge in [0.1, 0.15) is 6.54 Å². The van der Waals surface area contributed by atoms with Crippen molar-refractivity contribution in [3.05, 3.63) is 65.3 Å². The maximum absolute atomic E-state index is 10.9. The van der Waals surface area contributed by atoms with Gasteiger partial charge >= 0.3 is 5.97 Å². The first-order valence-corrected chi connectivity index (χ1v) is 9.34. The second-order valence-corrected chi connectivity index (χ2v) is 6.85. The van der Waals surface area contributed by atoms with E-state index in [1.807, 2.05) is 31.2 Å². The van der Waals surface area contributed by atoms with Gasteiger partial charge in [-0.05, 0) is 47.2 Å². The summed E-state index contributed by atoms with van der Waals surface area (Å²) in [6, 6.07) is 14.8. The lowest BCUT2D eigenvalue weighted by atomic mass is 10.0. The number of rotatable bonds is 6. The molecule has 0 aliphatic heterocycles. The van der Waals surface area contributed by atoms with E-state index in [0.717, 1.165) is 16.8 Å². The zero-order valence-corrected chi connectivity index (χ0v) is 16.6. The molecule has 0 aliphatic rings. The van der Waals surface area contributed by atoms with Crippen LogP contribution in [0.2, 0.25) is 5.02 Å². The molecular formula is C20H16ClN7O2. The maximum atomic E-state index is 10.9. The number of carbonyl (C=O) groups is 1. The van der Waals surface area contributed by atoms with Crippen molar-refractivity contribution in [3.63, 3.8) is 0 Å². The van der Waals surface area contributed by atoms with Gasteiger partial charge in [0.2, 0.25) is 5.95 Å². The number of anilines is 1. The second-order valence-electron chi connectivity index (χ2n) is 6.41. The molecular weight excluding hydrogens is 406 g/mol. The molecule has 10 heteroatoms. The van der Waals surface area contributed by atoms with E-state index in [1.54, 1.807) is 35.1 Å². The Bertz CT molecular complexity index is 1210. The lowest BCUT2D eigenvalue weighted by Gasteiger charge is -2.13. The maximum Gasteiger partial charge on any atom is 0.322 e. The number of aryl methyl sites for hydroxylation is 1. The van der Waals surface area contributed by atoms with Crippen molar-refractivity contribution in [3.8, 4) is 28.3 Å². The van der Waals surface area contributed by atoms with Crippen LogP contribution >= 0.6 is 11.6 Å². The van der Waals surface area contributed by atoms with E-state index in [1.165, 1.54) is 0 Å². The summed E-state index contributed by atoms with van der Waals surface area (Å²) in [4.78, 5) is 19.7. The number of nitrogens with one attached hydrogen (secondary N) is 1. The molecule has 0 aliphatic carbocycles. The van der Waals surface area contributed by atoms with Crippen LogP contribution in [-0.4, -0.2) is 47.8 Å². The molecule has 2 N–H and O–H groups in total. The summed E-state index contributed by atoms with van der Waals surface area (Å²) >= 11 is 5.99. The van der Waals surface area contributed by atoms with E-state index < -0.39 is 5.97 Å². The van der Waals surface area contributed by atoms with Gasteiger partial charge in [0.15, 0.2) is 5.82 Å². The zero-order valence-electron chi connectivity index (χ0n) is 15.8. The number of hydrogen-bond acceptors (Lipinski definition) is 7. The van der Waals surface area contributed by atoms with E-state index in [0.29, 0.717) is 22.1 Å². The quantitative estimate of drug-likeness (QED) is 0.487. The van der Waals surface area contributed by atoms with E-state index in [9.17, 15) is 4.79 Å². The summed E-state index contributed by atoms with van der Waals surface area (Å²) in [6.45, 7) is 1.67. The smallest absolute Gasteiger partial charge is 0.322 e. The number of hydrogen-bond donors (Lipinski definition) is 2. The fraction of sp³-hybridized carbons (Fsp3) is 0.100. The lowest BCUT2D eigenvalue weighted by Crippen LogP contribution is -2.15. The largest absolute Gasteiger partial charge is 0.480 e. The van der Waals surface area contributed by atoms with Gasteiger partial charge in [-0.1, -0.05) is 35.9 Å². The standard InChI is InChI=1S/C20H16ClN7O2/c1-12-4-2-3-5-15(12)18-16(10-22-20(24-18)23-11-17(29)30)19-25-26-27-28(19)14-8-6-13(21)7-9-14/h2-10H,11H2,1H3,(H,29,30)(H,22,23,24). The van der Waals surface area contributed by atoms with Crippen LogP contribution in [0, 0.1) is 6.92 Å². The number of carboxylic acids is 1. The minimum absolute atomic E-state index is 0.199. The Kier molecular flexibility index (Phi) is 5.36. The van der Waals surface area contributed by atoms with Gasteiger partial charge in [-0.2, -0.15) is 4.68 Å². The number of aromatic nitrogens is 6. The summed E-state index contributed by atoms with van der Waals surface area (Å²) < 4.78 is 1.57. The van der Waals surface area contributed by atoms with Gasteiger partial charge < -0.3 is 10.4 Å². The third kappa shape index (κ3) is 3.96. The molecule has 4 rings (SSSR count). The number of nitrogens with zero attached hydrogens (tertiary/aromatic N) is 6. The SMILES string of the molecule is Cc1ccccc1-c1nc(NCC(=O)O)ncc1-c1nnnn1-c1ccc(Cl)cc1. The number of benzene rings is 2. The zero-order chi connectivity index (χ0) is 21.1. The third-order valence-electron chi connectivity index (χ3n) is 4.37. The minimum Gasteiger partial charge on any atom is -0.480 e. The van der Waals surface area contributed by atoms with Gasteiger partial charge in [0.05, 0.1) is 16.9 Å². The Morgan fingerprint density at radius 1 is 1.13 bits per heavy atom. The number of aliphatic carboxylic acids is 1. The summed E-state index contributed by atoms with van der Waals surface area (Å²) in [7, 11) is 0. The molecule has 4 aromatic rings. The molecule has 0 amide bonds. The Morgan fingerprint density at radius 3 is 2.63 bits per heavy atom. The average Bonchev–Trinajstić information content (AvgIpc) is 3.22. The molecule has 0 saturated heterocycles. The van der Waals surface area contributed by atoms with Crippen LogP contribution in [0.25, 0.3) is 28.3 Å². The first-order valence-electron chi connectivity index (χ1n) is 8.96. The van der Waals surface area contributed by atoms with Crippen molar-refractivity contribution in [1.29, 1.82) is 0 Å². The van der Waals surface area contributed by atoms with Gasteiger partial charge in [-0.15, -0.1) is 5.10 Å². The predicted molar refractivity (Wildman–Crippen MR) is 111 cm³/mol. The molecule has 0 saturated carbocycles. The van der Waals surface area contributed by atoms with Crippen molar-refractivity contribution in [1.82, 2.24) is 30.2 Å². The highest BCUT2D eigenvalue weighted by molar-refractivity contribution is 6.30. The van der Waals surface area contributed by atoms with Crippen molar-refractivity contribution >= 4 is 23.5 Å². The van der Waals surface area contributed by atoms with Crippen LogP contribution in [0.5, 0.6) is 0 Å². The van der Waals surface area contributed by atoms with Gasteiger partial charge in [-0.25, -0.2) is 9.97 Å². The van der Waals surface area contributed by atoms with Crippen LogP contribution in [-0.2, 0) is 4.79 Å². The van der Waals surface area contributed by atoms with E-state index in [-0.39, 0.29) is 12.5 Å². The first-order chi connectivity index (χ1) is 14.5. The molecule has 0 spiro atoms. The summed E-state index contributed by atoms with van der Waals surface area (Å²) in [6.07, 6.45) is 1.58. The number of halogens is 1. The predicted octanol–water partition coefficient (Wildman–Crippen LogP) is 3.24. The van der Waals surface area contributed by atoms with Crippen LogP contribution in [0.1, 0.15) is 5.56 Å². The minimum atomic E-state index is -1.01. The highest BCUT2D eigenvalue weighted by Gasteiger charge is 2.19. The summed E-state index contributed by atoms with van der Waals surface area (Å²) in [5, 5.41) is 24.3. The monoisotopic (exact) mass is 421 g/mol. The molecule has 0 unspecified atom stereocenters. The Labute approximate surface area is 176 Å². The topological polar surface area (TPSA) is 119 Å². The molecule has 30 heavy (non-hydrogen) atoms. The van der Waals surface area contributed by atoms with Gasteiger partial charge in [-0.3, -0.25) is 4.79 Å². The molecule has 0 radical (unpaired) electrons. The fourth-order valence-electron chi connectivity index (χ4n) is 2.94. The molecule has 2 aromatic heterocycles. The van der Waals surface area contributed by atoms with Crippen LogP contribution in [0.3, 0.4) is 0 Å². The first kappa shape index (κ1) is 19.5. The van der Waals surface area contributed by atoms with Crippen molar-refractivity contribution in [2.45, 2.75) is 6.92 Å². The molecule has 150 valence electrons. The van der Waals surface area contributed by atoms with Crippen molar-refractivity contribution < 1.29 is 9.90 Å². The highest BCUT2D eigenvalue weighted by atomic mass is 35.5.